The van der Waals surface area contributed by atoms with Gasteiger partial charge in [-0.1, -0.05) is 370 Å². The molecule has 0 aliphatic rings. The topological polar surface area (TPSA) is 79.2 Å². The molecule has 0 radical (unpaired) electrons. The molecule has 0 spiro atoms. The van der Waals surface area contributed by atoms with E-state index in [1.54, 1.807) is 0 Å². The molecule has 0 unspecified atom stereocenters. The van der Waals surface area contributed by atoms with Crippen molar-refractivity contribution in [1.29, 1.82) is 0 Å². The van der Waals surface area contributed by atoms with Crippen LogP contribution in [0.25, 0.3) is 263 Å². The maximum atomic E-state index is 5.15. The van der Waals surface area contributed by atoms with Gasteiger partial charge in [0.15, 0.2) is 0 Å². The van der Waals surface area contributed by atoms with E-state index in [0.717, 1.165) is 78.1 Å². The maximum Gasteiger partial charge on any atom is 0.0955 e. The summed E-state index contributed by atoms with van der Waals surface area (Å²) in [6.45, 7) is 0. The summed E-state index contributed by atoms with van der Waals surface area (Å²) in [5.41, 5.74) is 26.9. The third kappa shape index (κ3) is 14.8. The van der Waals surface area contributed by atoms with Crippen LogP contribution in [0.3, 0.4) is 0 Å². The highest BCUT2D eigenvalue weighted by molar-refractivity contribution is 6.30. The predicted octanol–water partition coefficient (Wildman–Crippen LogP) is 34.0. The van der Waals surface area contributed by atoms with Gasteiger partial charge in [0.1, 0.15) is 0 Å². The van der Waals surface area contributed by atoms with Crippen LogP contribution in [-0.4, -0.2) is 38.6 Å². The predicted molar refractivity (Wildman–Crippen MR) is 583 cm³/mol. The number of pyridine rings is 2. The van der Waals surface area contributed by atoms with E-state index in [2.05, 4.69) is 479 Å². The Balaban J connectivity index is 0.0000000975. The number of hydrogen-bond acceptors (Lipinski definition) is 5. The van der Waals surface area contributed by atoms with Gasteiger partial charge < -0.3 is 13.7 Å². The minimum Gasteiger partial charge on any atom is -0.334 e. The fourth-order valence-electron chi connectivity index (χ4n) is 20.9. The summed E-state index contributed by atoms with van der Waals surface area (Å²) < 4.78 is 6.18. The number of nitrogens with zero attached hydrogens (tertiary/aromatic N) is 8. The fraction of sp³-hybridized carbons (Fsp3) is 0.0231. The first-order valence-electron chi connectivity index (χ1n) is 47.0. The first-order chi connectivity index (χ1) is 68.1. The molecule has 0 saturated heterocycles. The minimum absolute atomic E-state index is 0.962. The molecule has 648 valence electrons. The zero-order chi connectivity index (χ0) is 91.8. The van der Waals surface area contributed by atoms with Gasteiger partial charge in [-0.3, -0.25) is 0 Å². The van der Waals surface area contributed by atoms with Crippen LogP contribution in [0.4, 0.5) is 0 Å². The third-order valence-electron chi connectivity index (χ3n) is 27.9. The molecule has 0 saturated carbocycles. The van der Waals surface area contributed by atoms with Crippen molar-refractivity contribution in [2.45, 2.75) is 0 Å². The van der Waals surface area contributed by atoms with Gasteiger partial charge in [-0.25, -0.2) is 24.9 Å². The number of aromatic nitrogens is 8. The van der Waals surface area contributed by atoms with Crippen molar-refractivity contribution < 1.29 is 0 Å². The second-order valence-corrected chi connectivity index (χ2v) is 36.0. The molecule has 0 fully saturated rings. The van der Waals surface area contributed by atoms with Crippen LogP contribution in [0.1, 0.15) is 0 Å². The van der Waals surface area contributed by atoms with Crippen molar-refractivity contribution in [3.05, 3.63) is 480 Å². The molecule has 23 aromatic carbocycles. The summed E-state index contributed by atoms with van der Waals surface area (Å²) in [5.74, 6) is 0. The number of aryl methyl sites for hydroxylation is 3. The molecule has 138 heavy (non-hydrogen) atoms. The first kappa shape index (κ1) is 81.8. The molecule has 8 nitrogen and oxygen atoms in total. The van der Waals surface area contributed by atoms with Crippen LogP contribution in [0, 0.1) is 0 Å². The Kier molecular flexibility index (Phi) is 20.5. The first-order valence-corrected chi connectivity index (χ1v) is 47.0. The van der Waals surface area contributed by atoms with Crippen molar-refractivity contribution in [2.75, 3.05) is 0 Å². The van der Waals surface area contributed by atoms with Gasteiger partial charge in [-0.15, -0.1) is 0 Å². The molecule has 0 N–H and O–H groups in total. The third-order valence-corrected chi connectivity index (χ3v) is 27.9. The van der Waals surface area contributed by atoms with Crippen molar-refractivity contribution in [2.24, 2.45) is 21.1 Å². The smallest absolute Gasteiger partial charge is 0.0955 e. The van der Waals surface area contributed by atoms with Gasteiger partial charge >= 0.3 is 0 Å². The highest BCUT2D eigenvalue weighted by Gasteiger charge is 2.20. The van der Waals surface area contributed by atoms with Gasteiger partial charge in [0.2, 0.25) is 0 Å². The molecular weight excluding hydrogens is 1670 g/mol. The van der Waals surface area contributed by atoms with Crippen LogP contribution >= 0.6 is 0 Å². The Bertz CT molecular complexity index is 9230. The van der Waals surface area contributed by atoms with Crippen molar-refractivity contribution in [1.82, 2.24) is 38.6 Å². The monoisotopic (exact) mass is 1760 g/mol. The number of benzene rings is 23. The van der Waals surface area contributed by atoms with E-state index in [0.29, 0.717) is 0 Å². The summed E-state index contributed by atoms with van der Waals surface area (Å²) in [6, 6.07) is 166. The van der Waals surface area contributed by atoms with Crippen LogP contribution < -0.4 is 0 Å². The van der Waals surface area contributed by atoms with Crippen LogP contribution in [-0.2, 0) is 21.1 Å². The molecule has 0 amide bonds. The number of hydrogen-bond donors (Lipinski definition) is 0. The molecule has 0 aliphatic carbocycles. The average molecular weight is 1760 g/mol. The van der Waals surface area contributed by atoms with E-state index in [-0.39, 0.29) is 0 Å². The number of rotatable bonds is 9. The Morgan fingerprint density at radius 3 is 0.688 bits per heavy atom. The zero-order valence-electron chi connectivity index (χ0n) is 76.2. The standard InChI is InChI=1S/C35H23N.2C32H22N2.C31H21N3/c1-3-11-24(12-4-1)27-22-34(25-13-5-2-6-14-25)36-35(23-27)26-19-20-32-30-17-8-7-15-28(30)29-16-9-10-18-31(29)33(32)21-26;1-34-20-33-31-16-14-24(19-32(31)34)22-8-6-7-21(17-22)23-13-15-29-27-11-3-2-9-25(27)26-10-4-5-12-28(26)30(29)18-23;1-34-20-33-31-17-15-24(19-32(31)34)22-12-10-21(11-13-22)23-14-16-29-27-8-3-2-6-25(27)26-7-4-5-9-28(26)30(29)18-23;1-34-19-32-30-16-14-21(18-31(30)34)29-12-6-11-28(33-29)20-13-15-26-24-9-3-2-7-22(24)23-8-4-5-10-25(23)27(26)17-20/h1-23H;2*2-20H,1H3;2-19H,1H3. The normalized spacial score (nSPS) is 11.6. The van der Waals surface area contributed by atoms with Gasteiger partial charge in [0.25, 0.3) is 0 Å². The van der Waals surface area contributed by atoms with Crippen LogP contribution in [0.15, 0.2) is 480 Å². The number of fused-ring (bicyclic) bond motifs is 27. The molecule has 5 heterocycles. The fourth-order valence-corrected chi connectivity index (χ4v) is 20.9. The molecule has 0 bridgehead atoms. The van der Waals surface area contributed by atoms with E-state index < -0.39 is 0 Å². The molecular formula is C130H88N8. The molecule has 28 aromatic rings. The lowest BCUT2D eigenvalue weighted by Crippen LogP contribution is -1.92. The lowest BCUT2D eigenvalue weighted by Gasteiger charge is -2.13. The Hall–Kier alpha value is -18.1. The number of imidazole rings is 3. The van der Waals surface area contributed by atoms with Crippen molar-refractivity contribution in [3.63, 3.8) is 0 Å². The minimum atomic E-state index is 0.962. The van der Waals surface area contributed by atoms with Gasteiger partial charge in [-0.05, 0) is 276 Å². The Morgan fingerprint density at radius 1 is 0.130 bits per heavy atom. The molecule has 5 aromatic heterocycles. The highest BCUT2D eigenvalue weighted by atomic mass is 15.0. The van der Waals surface area contributed by atoms with E-state index in [1.807, 2.05) is 50.8 Å². The highest BCUT2D eigenvalue weighted by Crippen LogP contribution is 2.45. The maximum absolute atomic E-state index is 5.15. The SMILES string of the molecule is Cn1cnc2ccc(-c3ccc(-c4ccc5c6ccccc6c6ccccc6c5c4)cc3)cc21.Cn1cnc2ccc(-c3cccc(-c4ccc5c6ccccc6c6ccccc6c5c4)c3)cc21.Cn1cnc2ccc(-c3cccc(-c4ccc5c6ccccc6c6ccccc6c5c4)n3)cc21.c1ccc(-c2cc(-c3ccccc3)nc(-c3ccc4c5ccccc5c5ccccc5c4c3)c2)cc1. The molecule has 8 heteroatoms. The Labute approximate surface area is 797 Å². The van der Waals surface area contributed by atoms with Crippen molar-refractivity contribution >= 4 is 162 Å². The lowest BCUT2D eigenvalue weighted by molar-refractivity contribution is 0.948. The van der Waals surface area contributed by atoms with E-state index in [4.69, 9.17) is 9.97 Å². The summed E-state index contributed by atoms with van der Waals surface area (Å²) in [7, 11) is 6.10. The molecule has 0 aliphatic heterocycles. The second kappa shape index (κ2) is 34.5. The Morgan fingerprint density at radius 2 is 0.333 bits per heavy atom. The molecule has 28 rings (SSSR count). The van der Waals surface area contributed by atoms with Gasteiger partial charge in [-0.2, -0.15) is 0 Å². The summed E-state index contributed by atoms with van der Waals surface area (Å²) in [5, 5.41) is 31.0. The summed E-state index contributed by atoms with van der Waals surface area (Å²) in [6.07, 6.45) is 5.58. The van der Waals surface area contributed by atoms with Gasteiger partial charge in [0.05, 0.1) is 74.9 Å². The quantitative estimate of drug-likeness (QED) is 0.135. The summed E-state index contributed by atoms with van der Waals surface area (Å²) >= 11 is 0. The van der Waals surface area contributed by atoms with E-state index in [1.165, 1.54) is 185 Å². The lowest BCUT2D eigenvalue weighted by atomic mass is 9.91. The van der Waals surface area contributed by atoms with Crippen LogP contribution in [0.5, 0.6) is 0 Å². The second-order valence-electron chi connectivity index (χ2n) is 36.0. The molecule has 0 atom stereocenters. The largest absolute Gasteiger partial charge is 0.334 e. The summed E-state index contributed by atoms with van der Waals surface area (Å²) in [4.78, 5) is 23.5. The van der Waals surface area contributed by atoms with E-state index >= 15 is 0 Å². The zero-order valence-corrected chi connectivity index (χ0v) is 76.2. The van der Waals surface area contributed by atoms with Gasteiger partial charge in [0, 0.05) is 43.4 Å². The average Bonchev–Trinajstić information content (AvgIpc) is 0.899. The van der Waals surface area contributed by atoms with Crippen molar-refractivity contribution in [3.8, 4) is 101 Å². The van der Waals surface area contributed by atoms with Crippen LogP contribution in [0.2, 0.25) is 0 Å². The van der Waals surface area contributed by atoms with E-state index in [9.17, 15) is 0 Å².